The van der Waals surface area contributed by atoms with Crippen molar-refractivity contribution < 1.29 is 0 Å². The largest absolute Gasteiger partial charge is 0.325 e. The highest BCUT2D eigenvalue weighted by molar-refractivity contribution is 5.09. The molecule has 0 atom stereocenters. The first kappa shape index (κ1) is 14.3. The zero-order chi connectivity index (χ0) is 14.7. The molecule has 2 heterocycles. The topological polar surface area (TPSA) is 47.7 Å². The highest BCUT2D eigenvalue weighted by atomic mass is 15.3. The fourth-order valence-electron chi connectivity index (χ4n) is 3.12. The number of aromatic nitrogens is 4. The second kappa shape index (κ2) is 6.43. The van der Waals surface area contributed by atoms with Crippen molar-refractivity contribution >= 4 is 0 Å². The molecule has 1 aliphatic rings. The molecule has 0 aliphatic heterocycles. The lowest BCUT2D eigenvalue weighted by atomic mass is 10.3. The quantitative estimate of drug-likeness (QED) is 0.888. The summed E-state index contributed by atoms with van der Waals surface area (Å²) in [5.41, 5.74) is 2.35. The highest BCUT2D eigenvalue weighted by Crippen LogP contribution is 2.28. The normalized spacial score (nSPS) is 15.9. The van der Waals surface area contributed by atoms with Gasteiger partial charge in [0.05, 0.1) is 24.0 Å². The van der Waals surface area contributed by atoms with E-state index in [1.165, 1.54) is 31.4 Å². The molecule has 5 heteroatoms. The number of hydrogen-bond acceptors (Lipinski definition) is 3. The lowest BCUT2D eigenvalue weighted by Gasteiger charge is -2.11. The number of nitrogens with one attached hydrogen (secondary N) is 1. The fourth-order valence-corrected chi connectivity index (χ4v) is 3.12. The van der Waals surface area contributed by atoms with E-state index in [2.05, 4.69) is 45.7 Å². The summed E-state index contributed by atoms with van der Waals surface area (Å²) < 4.78 is 4.42. The van der Waals surface area contributed by atoms with E-state index in [0.29, 0.717) is 6.04 Å². The van der Waals surface area contributed by atoms with Gasteiger partial charge in [0.25, 0.3) is 0 Å². The summed E-state index contributed by atoms with van der Waals surface area (Å²) in [7, 11) is 0. The maximum atomic E-state index is 4.78. The molecule has 114 valence electrons. The first-order valence-corrected chi connectivity index (χ1v) is 8.03. The molecular formula is C16H25N5. The van der Waals surface area contributed by atoms with Gasteiger partial charge < -0.3 is 9.88 Å². The van der Waals surface area contributed by atoms with Crippen molar-refractivity contribution in [1.82, 2.24) is 24.6 Å². The van der Waals surface area contributed by atoms with Crippen LogP contribution >= 0.6 is 0 Å². The minimum Gasteiger partial charge on any atom is -0.325 e. The van der Waals surface area contributed by atoms with Gasteiger partial charge in [-0.15, -0.1) is 0 Å². The summed E-state index contributed by atoms with van der Waals surface area (Å²) in [4.78, 5) is 4.44. The zero-order valence-electron chi connectivity index (χ0n) is 13.0. The molecule has 0 radical (unpaired) electrons. The van der Waals surface area contributed by atoms with Gasteiger partial charge in [-0.05, 0) is 32.4 Å². The Kier molecular flexibility index (Phi) is 4.39. The van der Waals surface area contributed by atoms with Gasteiger partial charge in [0, 0.05) is 18.9 Å². The zero-order valence-corrected chi connectivity index (χ0v) is 13.0. The Morgan fingerprint density at radius 3 is 2.90 bits per heavy atom. The van der Waals surface area contributed by atoms with E-state index in [9.17, 15) is 0 Å². The number of rotatable bonds is 6. The van der Waals surface area contributed by atoms with E-state index >= 15 is 0 Å². The molecule has 2 aromatic heterocycles. The third kappa shape index (κ3) is 3.18. The van der Waals surface area contributed by atoms with E-state index < -0.39 is 0 Å². The average Bonchev–Trinajstić information content (AvgIpc) is 3.20. The van der Waals surface area contributed by atoms with Crippen LogP contribution in [0.25, 0.3) is 0 Å². The minimum absolute atomic E-state index is 0.615. The van der Waals surface area contributed by atoms with Crippen molar-refractivity contribution in [2.45, 2.75) is 58.7 Å². The van der Waals surface area contributed by atoms with Crippen molar-refractivity contribution in [2.75, 3.05) is 6.54 Å². The predicted octanol–water partition coefficient (Wildman–Crippen LogP) is 2.66. The number of hydrogen-bond donors (Lipinski definition) is 1. The van der Waals surface area contributed by atoms with Crippen LogP contribution in [0.3, 0.4) is 0 Å². The molecule has 3 rings (SSSR count). The summed E-state index contributed by atoms with van der Waals surface area (Å²) in [6.45, 7) is 6.83. The molecule has 0 saturated heterocycles. The van der Waals surface area contributed by atoms with Gasteiger partial charge in [0.15, 0.2) is 0 Å². The SMILES string of the molecule is CCNCc1cnc(C)n1Cc1ccn(C2CCCC2)n1. The van der Waals surface area contributed by atoms with Gasteiger partial charge >= 0.3 is 0 Å². The van der Waals surface area contributed by atoms with Crippen molar-refractivity contribution in [3.05, 3.63) is 35.7 Å². The summed E-state index contributed by atoms with van der Waals surface area (Å²) in [5.74, 6) is 1.05. The second-order valence-electron chi connectivity index (χ2n) is 5.89. The number of imidazole rings is 1. The van der Waals surface area contributed by atoms with Crippen LogP contribution in [0.4, 0.5) is 0 Å². The molecule has 1 saturated carbocycles. The minimum atomic E-state index is 0.615. The Labute approximate surface area is 126 Å². The van der Waals surface area contributed by atoms with Gasteiger partial charge in [-0.2, -0.15) is 5.10 Å². The van der Waals surface area contributed by atoms with Crippen LogP contribution in [0, 0.1) is 6.92 Å². The maximum Gasteiger partial charge on any atom is 0.106 e. The summed E-state index contributed by atoms with van der Waals surface area (Å²) >= 11 is 0. The molecule has 1 N–H and O–H groups in total. The Bertz CT molecular complexity index is 577. The van der Waals surface area contributed by atoms with Gasteiger partial charge in [0.2, 0.25) is 0 Å². The van der Waals surface area contributed by atoms with Crippen LogP contribution in [0.1, 0.15) is 55.9 Å². The van der Waals surface area contributed by atoms with Crippen molar-refractivity contribution in [3.8, 4) is 0 Å². The summed E-state index contributed by atoms with van der Waals surface area (Å²) in [6, 6.07) is 2.76. The summed E-state index contributed by atoms with van der Waals surface area (Å²) in [5, 5.41) is 8.14. The summed E-state index contributed by atoms with van der Waals surface area (Å²) in [6.07, 6.45) is 9.34. The molecule has 0 unspecified atom stereocenters. The molecule has 0 amide bonds. The third-order valence-corrected chi connectivity index (χ3v) is 4.38. The standard InChI is InChI=1S/C16H25N5/c1-3-17-10-16-11-18-13(2)20(16)12-14-8-9-21(19-14)15-6-4-5-7-15/h8-9,11,15,17H,3-7,10,12H2,1-2H3. The molecule has 0 bridgehead atoms. The first-order valence-electron chi connectivity index (χ1n) is 8.03. The Morgan fingerprint density at radius 2 is 2.14 bits per heavy atom. The average molecular weight is 287 g/mol. The molecule has 21 heavy (non-hydrogen) atoms. The molecule has 0 spiro atoms. The predicted molar refractivity (Wildman–Crippen MR) is 83.2 cm³/mol. The fraction of sp³-hybridized carbons (Fsp3) is 0.625. The molecule has 1 fully saturated rings. The van der Waals surface area contributed by atoms with E-state index in [1.54, 1.807) is 0 Å². The van der Waals surface area contributed by atoms with Gasteiger partial charge in [-0.25, -0.2) is 4.98 Å². The molecular weight excluding hydrogens is 262 g/mol. The third-order valence-electron chi connectivity index (χ3n) is 4.38. The van der Waals surface area contributed by atoms with Gasteiger partial charge in [-0.3, -0.25) is 4.68 Å². The lowest BCUT2D eigenvalue weighted by molar-refractivity contribution is 0.461. The Balaban J connectivity index is 1.72. The van der Waals surface area contributed by atoms with Crippen molar-refractivity contribution in [1.29, 1.82) is 0 Å². The lowest BCUT2D eigenvalue weighted by Crippen LogP contribution is -2.16. The van der Waals surface area contributed by atoms with Crippen molar-refractivity contribution in [2.24, 2.45) is 0 Å². The monoisotopic (exact) mass is 287 g/mol. The highest BCUT2D eigenvalue weighted by Gasteiger charge is 2.18. The number of aryl methyl sites for hydroxylation is 1. The molecule has 0 aromatic carbocycles. The van der Waals surface area contributed by atoms with E-state index in [1.807, 2.05) is 6.20 Å². The van der Waals surface area contributed by atoms with Crippen LogP contribution in [0.5, 0.6) is 0 Å². The van der Waals surface area contributed by atoms with E-state index in [-0.39, 0.29) is 0 Å². The molecule has 1 aliphatic carbocycles. The van der Waals surface area contributed by atoms with E-state index in [4.69, 9.17) is 5.10 Å². The van der Waals surface area contributed by atoms with Crippen LogP contribution < -0.4 is 5.32 Å². The van der Waals surface area contributed by atoms with Crippen LogP contribution in [0.15, 0.2) is 18.5 Å². The van der Waals surface area contributed by atoms with E-state index in [0.717, 1.165) is 31.2 Å². The first-order chi connectivity index (χ1) is 10.3. The second-order valence-corrected chi connectivity index (χ2v) is 5.89. The molecule has 2 aromatic rings. The van der Waals surface area contributed by atoms with Gasteiger partial charge in [-0.1, -0.05) is 19.8 Å². The van der Waals surface area contributed by atoms with Crippen LogP contribution in [-0.4, -0.2) is 25.9 Å². The molecule has 5 nitrogen and oxygen atoms in total. The van der Waals surface area contributed by atoms with Gasteiger partial charge in [0.1, 0.15) is 5.82 Å². The van der Waals surface area contributed by atoms with Crippen LogP contribution in [0.2, 0.25) is 0 Å². The van der Waals surface area contributed by atoms with Crippen molar-refractivity contribution in [3.63, 3.8) is 0 Å². The maximum absolute atomic E-state index is 4.78. The Hall–Kier alpha value is -1.62. The number of nitrogens with zero attached hydrogens (tertiary/aromatic N) is 4. The Morgan fingerprint density at radius 1 is 1.33 bits per heavy atom. The van der Waals surface area contributed by atoms with Crippen LogP contribution in [-0.2, 0) is 13.1 Å². The smallest absolute Gasteiger partial charge is 0.106 e.